The van der Waals surface area contributed by atoms with Crippen LogP contribution in [0.25, 0.3) is 0 Å². The number of rotatable bonds is 3. The lowest BCUT2D eigenvalue weighted by molar-refractivity contribution is -0.205. The van der Waals surface area contributed by atoms with E-state index in [0.29, 0.717) is 29.2 Å². The van der Waals surface area contributed by atoms with Crippen LogP contribution in [0.15, 0.2) is 60.7 Å². The van der Waals surface area contributed by atoms with Crippen LogP contribution < -0.4 is 9.80 Å². The summed E-state index contributed by atoms with van der Waals surface area (Å²) in [6.07, 6.45) is -0.224. The molecule has 0 bridgehead atoms. The number of fused-ring (bicyclic) bond motifs is 2. The van der Waals surface area contributed by atoms with Gasteiger partial charge in [0.05, 0.1) is 12.3 Å². The number of alkyl halides is 2. The SMILES string of the molecule is O=C1c2cc(Cl)ccc2CCN1c1ccc(C(=O)N2CCC(F)(F)[C@](O)(CO)c3cc(Cl)ccc32)cc1. The second kappa shape index (κ2) is 9.36. The van der Waals surface area contributed by atoms with Crippen LogP contribution in [0.4, 0.5) is 20.2 Å². The molecular weight excluding hydrogens is 525 g/mol. The second-order valence-corrected chi connectivity index (χ2v) is 10.0. The third-order valence-electron chi connectivity index (χ3n) is 7.00. The summed E-state index contributed by atoms with van der Waals surface area (Å²) in [5.74, 6) is -4.49. The van der Waals surface area contributed by atoms with E-state index in [2.05, 4.69) is 0 Å². The van der Waals surface area contributed by atoms with Gasteiger partial charge < -0.3 is 20.0 Å². The molecule has 0 saturated heterocycles. The topological polar surface area (TPSA) is 81.1 Å². The van der Waals surface area contributed by atoms with Crippen molar-refractivity contribution < 1.29 is 28.6 Å². The Morgan fingerprint density at radius 1 is 0.973 bits per heavy atom. The second-order valence-electron chi connectivity index (χ2n) is 9.15. The minimum Gasteiger partial charge on any atom is -0.393 e. The van der Waals surface area contributed by atoms with Crippen molar-refractivity contribution in [2.75, 3.05) is 29.5 Å². The van der Waals surface area contributed by atoms with Gasteiger partial charge >= 0.3 is 0 Å². The third-order valence-corrected chi connectivity index (χ3v) is 7.47. The zero-order chi connectivity index (χ0) is 26.5. The van der Waals surface area contributed by atoms with Gasteiger partial charge in [0.15, 0.2) is 5.60 Å². The first-order valence-corrected chi connectivity index (χ1v) is 12.3. The van der Waals surface area contributed by atoms with Gasteiger partial charge in [0.25, 0.3) is 17.7 Å². The Hall–Kier alpha value is -3.04. The maximum absolute atomic E-state index is 15.0. The minimum atomic E-state index is -3.71. The molecular formula is C27H22Cl2F2N2O4. The highest BCUT2D eigenvalue weighted by Gasteiger charge is 2.56. The fourth-order valence-electron chi connectivity index (χ4n) is 4.89. The molecule has 0 spiro atoms. The number of anilines is 2. The average Bonchev–Trinajstić information content (AvgIpc) is 2.97. The number of benzene rings is 3. The smallest absolute Gasteiger partial charge is 0.284 e. The summed E-state index contributed by atoms with van der Waals surface area (Å²) in [5, 5.41) is 21.1. The quantitative estimate of drug-likeness (QED) is 0.481. The maximum Gasteiger partial charge on any atom is 0.284 e. The molecule has 0 fully saturated rings. The molecule has 192 valence electrons. The first-order chi connectivity index (χ1) is 17.6. The van der Waals surface area contributed by atoms with Crippen molar-refractivity contribution >= 4 is 46.4 Å². The highest BCUT2D eigenvalue weighted by Crippen LogP contribution is 2.47. The predicted molar refractivity (Wildman–Crippen MR) is 137 cm³/mol. The van der Waals surface area contributed by atoms with Gasteiger partial charge in [0, 0.05) is 51.9 Å². The minimum absolute atomic E-state index is 0.0342. The van der Waals surface area contributed by atoms with Crippen molar-refractivity contribution in [3.63, 3.8) is 0 Å². The molecule has 0 aromatic heterocycles. The molecule has 3 aromatic rings. The molecule has 0 radical (unpaired) electrons. The van der Waals surface area contributed by atoms with E-state index < -0.39 is 37.0 Å². The third kappa shape index (κ3) is 4.28. The summed E-state index contributed by atoms with van der Waals surface area (Å²) < 4.78 is 29.9. The van der Waals surface area contributed by atoms with E-state index >= 15 is 0 Å². The Morgan fingerprint density at radius 2 is 1.65 bits per heavy atom. The van der Waals surface area contributed by atoms with Gasteiger partial charge in [0.2, 0.25) is 0 Å². The molecule has 2 aliphatic heterocycles. The zero-order valence-corrected chi connectivity index (χ0v) is 20.9. The Bertz CT molecular complexity index is 1400. The summed E-state index contributed by atoms with van der Waals surface area (Å²) in [5.41, 5.74) is -0.974. The van der Waals surface area contributed by atoms with Crippen LogP contribution in [0.3, 0.4) is 0 Å². The Kier molecular flexibility index (Phi) is 6.48. The standard InChI is InChI=1S/C27H22Cl2F2N2O4/c28-18-4-1-16-9-11-32(25(36)21(16)13-18)20-6-2-17(3-7-20)24(35)33-12-10-27(30,31)26(37,15-34)22-14-19(29)5-8-23(22)33/h1-8,13-14,34,37H,9-12,15H2/t26-/m0/s1. The van der Waals surface area contributed by atoms with E-state index in [-0.39, 0.29) is 27.7 Å². The Labute approximate surface area is 221 Å². The molecule has 2 N–H and O–H groups in total. The largest absolute Gasteiger partial charge is 0.393 e. The molecule has 2 amide bonds. The van der Waals surface area contributed by atoms with Crippen molar-refractivity contribution in [1.82, 2.24) is 0 Å². The van der Waals surface area contributed by atoms with Crippen molar-refractivity contribution in [3.05, 3.63) is 93.0 Å². The van der Waals surface area contributed by atoms with Crippen LogP contribution >= 0.6 is 23.2 Å². The molecule has 3 aromatic carbocycles. The van der Waals surface area contributed by atoms with Crippen molar-refractivity contribution in [2.45, 2.75) is 24.4 Å². The Morgan fingerprint density at radius 3 is 2.35 bits per heavy atom. The number of halogens is 4. The highest BCUT2D eigenvalue weighted by atomic mass is 35.5. The summed E-state index contributed by atoms with van der Waals surface area (Å²) in [7, 11) is 0. The van der Waals surface area contributed by atoms with E-state index in [1.807, 2.05) is 6.07 Å². The van der Waals surface area contributed by atoms with Crippen LogP contribution in [0.2, 0.25) is 10.0 Å². The fraction of sp³-hybridized carbons (Fsp3) is 0.259. The van der Waals surface area contributed by atoms with Crippen LogP contribution in [-0.4, -0.2) is 47.6 Å². The van der Waals surface area contributed by atoms with Crippen molar-refractivity contribution in [3.8, 4) is 0 Å². The number of amides is 2. The molecule has 5 rings (SSSR count). The molecule has 0 unspecified atom stereocenters. The number of aliphatic hydroxyl groups excluding tert-OH is 1. The fourth-order valence-corrected chi connectivity index (χ4v) is 5.24. The molecule has 37 heavy (non-hydrogen) atoms. The lowest BCUT2D eigenvalue weighted by Crippen LogP contribution is -2.48. The monoisotopic (exact) mass is 546 g/mol. The lowest BCUT2D eigenvalue weighted by atomic mass is 9.86. The van der Waals surface area contributed by atoms with Gasteiger partial charge in [0.1, 0.15) is 0 Å². The van der Waals surface area contributed by atoms with Crippen LogP contribution in [0, 0.1) is 0 Å². The number of nitrogens with zero attached hydrogens (tertiary/aromatic N) is 2. The van der Waals surface area contributed by atoms with Crippen LogP contribution in [0.1, 0.15) is 38.3 Å². The maximum atomic E-state index is 15.0. The van der Waals surface area contributed by atoms with Gasteiger partial charge in [-0.3, -0.25) is 9.59 Å². The van der Waals surface area contributed by atoms with Gasteiger partial charge in [-0.1, -0.05) is 29.3 Å². The predicted octanol–water partition coefficient (Wildman–Crippen LogP) is 5.06. The summed E-state index contributed by atoms with van der Waals surface area (Å²) in [4.78, 5) is 29.3. The molecule has 2 heterocycles. The summed E-state index contributed by atoms with van der Waals surface area (Å²) in [6, 6.07) is 15.5. The van der Waals surface area contributed by atoms with E-state index in [9.17, 15) is 28.6 Å². The van der Waals surface area contributed by atoms with E-state index in [0.717, 1.165) is 16.5 Å². The number of carbonyl (C=O) groups excluding carboxylic acids is 2. The average molecular weight is 547 g/mol. The van der Waals surface area contributed by atoms with Crippen molar-refractivity contribution in [1.29, 1.82) is 0 Å². The summed E-state index contributed by atoms with van der Waals surface area (Å²) in [6.45, 7) is -1.19. The lowest BCUT2D eigenvalue weighted by Gasteiger charge is -2.33. The van der Waals surface area contributed by atoms with E-state index in [4.69, 9.17) is 23.2 Å². The van der Waals surface area contributed by atoms with Gasteiger partial charge in [-0.2, -0.15) is 0 Å². The molecule has 0 saturated carbocycles. The zero-order valence-electron chi connectivity index (χ0n) is 19.4. The molecule has 6 nitrogen and oxygen atoms in total. The van der Waals surface area contributed by atoms with Crippen molar-refractivity contribution in [2.24, 2.45) is 0 Å². The van der Waals surface area contributed by atoms with E-state index in [1.54, 1.807) is 29.2 Å². The summed E-state index contributed by atoms with van der Waals surface area (Å²) >= 11 is 12.1. The number of carbonyl (C=O) groups is 2. The van der Waals surface area contributed by atoms with Crippen LogP contribution in [0.5, 0.6) is 0 Å². The first-order valence-electron chi connectivity index (χ1n) is 11.6. The number of aliphatic hydroxyl groups is 2. The molecule has 2 aliphatic rings. The van der Waals surface area contributed by atoms with E-state index in [1.165, 1.54) is 24.3 Å². The van der Waals surface area contributed by atoms with Gasteiger partial charge in [-0.15, -0.1) is 0 Å². The van der Waals surface area contributed by atoms with Gasteiger partial charge in [-0.05, 0) is 66.6 Å². The first kappa shape index (κ1) is 25.6. The number of hydrogen-bond acceptors (Lipinski definition) is 4. The highest BCUT2D eigenvalue weighted by molar-refractivity contribution is 6.31. The molecule has 10 heteroatoms. The van der Waals surface area contributed by atoms with Gasteiger partial charge in [-0.25, -0.2) is 8.78 Å². The van der Waals surface area contributed by atoms with Crippen LogP contribution in [-0.2, 0) is 12.0 Å². The normalized spacial score (nSPS) is 20.8. The molecule has 1 atom stereocenters. The Balaban J connectivity index is 1.46. The number of hydrogen-bond donors (Lipinski definition) is 2. The molecule has 0 aliphatic carbocycles.